The minimum Gasteiger partial charge on any atom is -0.319 e. The van der Waals surface area contributed by atoms with Crippen LogP contribution in [0.25, 0.3) is 0 Å². The molecule has 0 saturated carbocycles. The van der Waals surface area contributed by atoms with Gasteiger partial charge in [-0.1, -0.05) is 24.3 Å². The lowest BCUT2D eigenvalue weighted by atomic mass is 10.0. The zero-order chi connectivity index (χ0) is 12.8. The minimum atomic E-state index is 0.709. The summed E-state index contributed by atoms with van der Waals surface area (Å²) in [5.74, 6) is 2.56. The summed E-state index contributed by atoms with van der Waals surface area (Å²) in [6.45, 7) is 5.75. The number of hydrogen-bond donors (Lipinski definition) is 1. The zero-order valence-electron chi connectivity index (χ0n) is 11.5. The van der Waals surface area contributed by atoms with Gasteiger partial charge in [0, 0.05) is 30.6 Å². The molecule has 1 N–H and O–H groups in total. The monoisotopic (exact) mass is 264 g/mol. The van der Waals surface area contributed by atoms with Crippen LogP contribution in [0.4, 0.5) is 0 Å². The molecule has 1 saturated heterocycles. The van der Waals surface area contributed by atoms with E-state index in [0.29, 0.717) is 6.04 Å². The molecule has 100 valence electrons. The number of benzene rings is 1. The van der Waals surface area contributed by atoms with Crippen LogP contribution in [-0.4, -0.2) is 42.6 Å². The maximum Gasteiger partial charge on any atom is 0.0239 e. The molecule has 1 aliphatic heterocycles. The number of rotatable bonds is 5. The first-order valence-electron chi connectivity index (χ1n) is 6.84. The van der Waals surface area contributed by atoms with Gasteiger partial charge >= 0.3 is 0 Å². The predicted octanol–water partition coefficient (Wildman–Crippen LogP) is 2.39. The van der Waals surface area contributed by atoms with Gasteiger partial charge in [0.05, 0.1) is 0 Å². The van der Waals surface area contributed by atoms with Crippen molar-refractivity contribution in [2.24, 2.45) is 0 Å². The van der Waals surface area contributed by atoms with Crippen molar-refractivity contribution in [1.29, 1.82) is 0 Å². The molecule has 1 heterocycles. The van der Waals surface area contributed by atoms with Gasteiger partial charge in [-0.05, 0) is 38.1 Å². The Bertz CT molecular complexity index is 367. The van der Waals surface area contributed by atoms with E-state index in [4.69, 9.17) is 0 Å². The predicted molar refractivity (Wildman–Crippen MR) is 81.3 cm³/mol. The van der Waals surface area contributed by atoms with Gasteiger partial charge in [0.25, 0.3) is 0 Å². The molecule has 1 aromatic carbocycles. The van der Waals surface area contributed by atoms with Crippen molar-refractivity contribution in [2.75, 3.05) is 31.6 Å². The summed E-state index contributed by atoms with van der Waals surface area (Å²) in [6, 6.07) is 9.60. The highest BCUT2D eigenvalue weighted by Gasteiger charge is 2.19. The summed E-state index contributed by atoms with van der Waals surface area (Å²) in [5.41, 5.74) is 3.00. The Labute approximate surface area is 115 Å². The van der Waals surface area contributed by atoms with Gasteiger partial charge in [0.1, 0.15) is 0 Å². The molecule has 0 aliphatic carbocycles. The summed E-state index contributed by atoms with van der Waals surface area (Å²) in [7, 11) is 2.02. The molecule has 2 rings (SSSR count). The number of nitrogens with zero attached hydrogens (tertiary/aromatic N) is 1. The number of hydrogen-bond acceptors (Lipinski definition) is 3. The Morgan fingerprint density at radius 3 is 2.83 bits per heavy atom. The van der Waals surface area contributed by atoms with Crippen molar-refractivity contribution in [3.05, 3.63) is 35.4 Å². The van der Waals surface area contributed by atoms with E-state index in [-0.39, 0.29) is 0 Å². The molecule has 0 bridgehead atoms. The smallest absolute Gasteiger partial charge is 0.0239 e. The molecule has 1 aromatic rings. The van der Waals surface area contributed by atoms with Crippen LogP contribution in [0.1, 0.15) is 18.1 Å². The fourth-order valence-corrected chi connectivity index (χ4v) is 3.51. The topological polar surface area (TPSA) is 15.3 Å². The van der Waals surface area contributed by atoms with E-state index in [9.17, 15) is 0 Å². The second-order valence-corrected chi connectivity index (χ2v) is 6.17. The molecule has 0 aromatic heterocycles. The second kappa shape index (κ2) is 7.17. The molecule has 18 heavy (non-hydrogen) atoms. The Morgan fingerprint density at radius 2 is 2.11 bits per heavy atom. The Morgan fingerprint density at radius 1 is 1.33 bits per heavy atom. The summed E-state index contributed by atoms with van der Waals surface area (Å²) in [6.07, 6.45) is 1.13. The lowest BCUT2D eigenvalue weighted by Gasteiger charge is -2.33. The molecule has 0 spiro atoms. The maximum absolute atomic E-state index is 3.24. The average Bonchev–Trinajstić information content (AvgIpc) is 2.40. The fraction of sp³-hybridized carbons (Fsp3) is 0.600. The molecule has 1 aliphatic rings. The third kappa shape index (κ3) is 3.74. The van der Waals surface area contributed by atoms with E-state index in [1.54, 1.807) is 0 Å². The van der Waals surface area contributed by atoms with Crippen LogP contribution < -0.4 is 5.32 Å². The van der Waals surface area contributed by atoms with Crippen LogP contribution in [-0.2, 0) is 13.0 Å². The normalized spacial score (nSPS) is 21.1. The first-order chi connectivity index (χ1) is 8.81. The molecule has 1 fully saturated rings. The van der Waals surface area contributed by atoms with Crippen LogP contribution in [0.15, 0.2) is 24.3 Å². The Kier molecular flexibility index (Phi) is 5.54. The fourth-order valence-electron chi connectivity index (χ4n) is 2.43. The summed E-state index contributed by atoms with van der Waals surface area (Å²) < 4.78 is 0. The van der Waals surface area contributed by atoms with E-state index in [2.05, 4.69) is 53.2 Å². The average molecular weight is 264 g/mol. The maximum atomic E-state index is 3.24. The summed E-state index contributed by atoms with van der Waals surface area (Å²) >= 11 is 2.08. The Balaban J connectivity index is 2.03. The second-order valence-electron chi connectivity index (χ2n) is 5.02. The van der Waals surface area contributed by atoms with Crippen molar-refractivity contribution in [3.8, 4) is 0 Å². The van der Waals surface area contributed by atoms with Gasteiger partial charge in [-0.2, -0.15) is 11.8 Å². The van der Waals surface area contributed by atoms with Crippen molar-refractivity contribution in [2.45, 2.75) is 25.9 Å². The lowest BCUT2D eigenvalue weighted by molar-refractivity contribution is 0.223. The first-order valence-corrected chi connectivity index (χ1v) is 8.00. The molecule has 0 amide bonds. The van der Waals surface area contributed by atoms with Crippen LogP contribution in [0.2, 0.25) is 0 Å². The van der Waals surface area contributed by atoms with Crippen LogP contribution in [0.3, 0.4) is 0 Å². The third-order valence-electron chi connectivity index (χ3n) is 3.64. The molecule has 3 heteroatoms. The quantitative estimate of drug-likeness (QED) is 0.879. The zero-order valence-corrected chi connectivity index (χ0v) is 12.3. The van der Waals surface area contributed by atoms with Gasteiger partial charge in [-0.25, -0.2) is 0 Å². The van der Waals surface area contributed by atoms with Crippen molar-refractivity contribution in [1.82, 2.24) is 10.2 Å². The number of thioether (sulfide) groups is 1. The molecular formula is C15H24N2S. The number of likely N-dealkylation sites (N-methyl/N-ethyl adjacent to an activating group) is 1. The van der Waals surface area contributed by atoms with Crippen LogP contribution in [0.5, 0.6) is 0 Å². The SMILES string of the molecule is CNCCc1ccccc1CN1CCSCC1C. The van der Waals surface area contributed by atoms with Gasteiger partial charge in [0.15, 0.2) is 0 Å². The summed E-state index contributed by atoms with van der Waals surface area (Å²) in [4.78, 5) is 2.62. The number of nitrogens with one attached hydrogen (secondary N) is 1. The molecule has 1 atom stereocenters. The van der Waals surface area contributed by atoms with Gasteiger partial charge < -0.3 is 5.32 Å². The van der Waals surface area contributed by atoms with Gasteiger partial charge in [-0.15, -0.1) is 0 Å². The van der Waals surface area contributed by atoms with E-state index in [1.165, 1.54) is 29.2 Å². The first kappa shape index (κ1) is 13.9. The van der Waals surface area contributed by atoms with E-state index >= 15 is 0 Å². The molecule has 2 nitrogen and oxygen atoms in total. The highest BCUT2D eigenvalue weighted by molar-refractivity contribution is 7.99. The standard InChI is InChI=1S/C15H24N2S/c1-13-12-18-10-9-17(13)11-15-6-4-3-5-14(15)7-8-16-2/h3-6,13,16H,7-12H2,1-2H3. The van der Waals surface area contributed by atoms with E-state index in [1.807, 2.05) is 7.05 Å². The highest BCUT2D eigenvalue weighted by atomic mass is 32.2. The molecule has 0 radical (unpaired) electrons. The van der Waals surface area contributed by atoms with Crippen molar-refractivity contribution in [3.63, 3.8) is 0 Å². The minimum absolute atomic E-state index is 0.709. The molecule has 1 unspecified atom stereocenters. The van der Waals surface area contributed by atoms with E-state index < -0.39 is 0 Å². The van der Waals surface area contributed by atoms with E-state index in [0.717, 1.165) is 19.5 Å². The highest BCUT2D eigenvalue weighted by Crippen LogP contribution is 2.20. The summed E-state index contributed by atoms with van der Waals surface area (Å²) in [5, 5.41) is 3.24. The third-order valence-corrected chi connectivity index (χ3v) is 4.83. The van der Waals surface area contributed by atoms with Crippen molar-refractivity contribution < 1.29 is 0 Å². The van der Waals surface area contributed by atoms with Crippen LogP contribution >= 0.6 is 11.8 Å². The van der Waals surface area contributed by atoms with Crippen LogP contribution in [0, 0.1) is 0 Å². The lowest BCUT2D eigenvalue weighted by Crippen LogP contribution is -2.39. The van der Waals surface area contributed by atoms with Crippen molar-refractivity contribution >= 4 is 11.8 Å². The molecular weight excluding hydrogens is 240 g/mol. The van der Waals surface area contributed by atoms with Gasteiger partial charge in [0.2, 0.25) is 0 Å². The van der Waals surface area contributed by atoms with Gasteiger partial charge in [-0.3, -0.25) is 4.90 Å². The largest absolute Gasteiger partial charge is 0.319 e. The Hall–Kier alpha value is -0.510.